The smallest absolute Gasteiger partial charge is 0.329 e. The number of nitrogens with one attached hydrogen (secondary N) is 3. The second-order valence-corrected chi connectivity index (χ2v) is 8.39. The molecule has 0 aliphatic carbocycles. The molecule has 3 N–H and O–H groups in total. The lowest BCUT2D eigenvalue weighted by molar-refractivity contribution is -0.136. The maximum absolute atomic E-state index is 12.2. The molecule has 0 atom stereocenters. The van der Waals surface area contributed by atoms with Crippen LogP contribution in [0.1, 0.15) is 18.1 Å². The molecule has 0 heterocycles. The predicted octanol–water partition coefficient (Wildman–Crippen LogP) is 4.67. The largest absolute Gasteiger partial charge is 0.493 e. The Labute approximate surface area is 223 Å². The summed E-state index contributed by atoms with van der Waals surface area (Å²) in [6.45, 7) is 1.62. The zero-order chi connectivity index (χ0) is 26.8. The first-order valence-corrected chi connectivity index (χ1v) is 11.8. The van der Waals surface area contributed by atoms with Gasteiger partial charge in [-0.3, -0.25) is 14.4 Å². The molecule has 0 spiro atoms. The van der Waals surface area contributed by atoms with Crippen molar-refractivity contribution in [2.75, 3.05) is 24.4 Å². The van der Waals surface area contributed by atoms with Crippen LogP contribution in [0, 0.1) is 0 Å². The summed E-state index contributed by atoms with van der Waals surface area (Å²) in [6, 6.07) is 16.9. The Bertz CT molecular complexity index is 1310. The van der Waals surface area contributed by atoms with Crippen molar-refractivity contribution in [3.63, 3.8) is 0 Å². The van der Waals surface area contributed by atoms with Crippen molar-refractivity contribution in [2.24, 2.45) is 5.10 Å². The van der Waals surface area contributed by atoms with Crippen molar-refractivity contribution in [1.29, 1.82) is 0 Å². The number of methoxy groups -OCH3 is 1. The summed E-state index contributed by atoms with van der Waals surface area (Å²) in [6.07, 6.45) is 1.99. The van der Waals surface area contributed by atoms with Gasteiger partial charge in [0, 0.05) is 16.4 Å². The van der Waals surface area contributed by atoms with Crippen LogP contribution in [0.5, 0.6) is 11.5 Å². The number of hydrogen-bond donors (Lipinski definition) is 3. The summed E-state index contributed by atoms with van der Waals surface area (Å²) in [5, 5.41) is 9.75. The van der Waals surface area contributed by atoms with E-state index in [9.17, 15) is 14.4 Å². The number of rotatable bonds is 9. The molecule has 192 valence electrons. The molecule has 3 aromatic carbocycles. The van der Waals surface area contributed by atoms with E-state index in [2.05, 4.69) is 21.2 Å². The minimum absolute atomic E-state index is 0.153. The third kappa shape index (κ3) is 7.96. The quantitative estimate of drug-likeness (QED) is 0.206. The van der Waals surface area contributed by atoms with Crippen LogP contribution in [0.25, 0.3) is 0 Å². The Morgan fingerprint density at radius 2 is 1.70 bits per heavy atom. The number of hydrazone groups is 1. The number of nitrogens with zero attached hydrogens (tertiary/aromatic N) is 1. The van der Waals surface area contributed by atoms with Gasteiger partial charge >= 0.3 is 11.8 Å². The Kier molecular flexibility index (Phi) is 9.88. The van der Waals surface area contributed by atoms with Crippen LogP contribution in [-0.2, 0) is 20.8 Å². The van der Waals surface area contributed by atoms with E-state index in [0.717, 1.165) is 5.56 Å². The highest BCUT2D eigenvalue weighted by Gasteiger charge is 2.16. The number of amides is 3. The highest BCUT2D eigenvalue weighted by molar-refractivity contribution is 6.39. The molecular weight excluding hydrogens is 519 g/mol. The molecule has 0 aliphatic heterocycles. The summed E-state index contributed by atoms with van der Waals surface area (Å²) in [7, 11) is 1.41. The van der Waals surface area contributed by atoms with E-state index < -0.39 is 17.7 Å². The second kappa shape index (κ2) is 13.3. The van der Waals surface area contributed by atoms with Gasteiger partial charge in [-0.15, -0.1) is 0 Å². The third-order valence-electron chi connectivity index (χ3n) is 4.96. The van der Waals surface area contributed by atoms with Gasteiger partial charge in [0.15, 0.2) is 18.1 Å². The number of para-hydroxylation sites is 1. The Morgan fingerprint density at radius 3 is 2.41 bits per heavy atom. The van der Waals surface area contributed by atoms with E-state index in [4.69, 9.17) is 32.7 Å². The first-order chi connectivity index (χ1) is 17.8. The van der Waals surface area contributed by atoms with Crippen molar-refractivity contribution in [2.45, 2.75) is 13.3 Å². The molecule has 0 saturated carbocycles. The number of anilines is 2. The molecule has 3 aromatic rings. The average molecular weight is 543 g/mol. The molecule has 9 nitrogen and oxygen atoms in total. The lowest BCUT2D eigenvalue weighted by Crippen LogP contribution is -2.32. The van der Waals surface area contributed by atoms with Gasteiger partial charge in [-0.2, -0.15) is 5.10 Å². The number of halogens is 2. The molecule has 0 aliphatic rings. The van der Waals surface area contributed by atoms with Gasteiger partial charge in [-0.05, 0) is 60.0 Å². The normalized spacial score (nSPS) is 10.6. The van der Waals surface area contributed by atoms with Crippen molar-refractivity contribution in [1.82, 2.24) is 5.43 Å². The number of carbonyl (C=O) groups is 3. The summed E-state index contributed by atoms with van der Waals surface area (Å²) in [5.41, 5.74) is 4.65. The molecule has 11 heteroatoms. The van der Waals surface area contributed by atoms with Crippen molar-refractivity contribution >= 4 is 58.5 Å². The van der Waals surface area contributed by atoms with Gasteiger partial charge in [0.05, 0.1) is 18.3 Å². The topological polar surface area (TPSA) is 118 Å². The molecule has 37 heavy (non-hydrogen) atoms. The average Bonchev–Trinajstić information content (AvgIpc) is 2.89. The molecule has 3 rings (SSSR count). The molecule has 0 aromatic heterocycles. The van der Waals surface area contributed by atoms with Gasteiger partial charge in [0.1, 0.15) is 0 Å². The van der Waals surface area contributed by atoms with E-state index in [0.29, 0.717) is 28.4 Å². The molecule has 0 saturated heterocycles. The maximum atomic E-state index is 12.2. The highest BCUT2D eigenvalue weighted by Crippen LogP contribution is 2.36. The highest BCUT2D eigenvalue weighted by atomic mass is 35.5. The maximum Gasteiger partial charge on any atom is 0.329 e. The number of benzene rings is 3. The van der Waals surface area contributed by atoms with Crippen LogP contribution < -0.4 is 25.5 Å². The SMILES string of the molecule is CCc1ccccc1NC(=O)C(=O)N/N=C\c1cc(Cl)c(OCC(=O)Nc2ccc(Cl)cc2)c(OC)c1. The predicted molar refractivity (Wildman–Crippen MR) is 144 cm³/mol. The van der Waals surface area contributed by atoms with Crippen LogP contribution in [0.15, 0.2) is 65.8 Å². The minimum Gasteiger partial charge on any atom is -0.493 e. The summed E-state index contributed by atoms with van der Waals surface area (Å²) >= 11 is 12.2. The molecule has 0 fully saturated rings. The second-order valence-electron chi connectivity index (χ2n) is 7.54. The van der Waals surface area contributed by atoms with Crippen LogP contribution >= 0.6 is 23.2 Å². The first-order valence-electron chi connectivity index (χ1n) is 11.1. The fourth-order valence-electron chi connectivity index (χ4n) is 3.17. The van der Waals surface area contributed by atoms with E-state index >= 15 is 0 Å². The molecule has 0 bridgehead atoms. The molecule has 0 unspecified atom stereocenters. The van der Waals surface area contributed by atoms with E-state index in [1.807, 2.05) is 19.1 Å². The van der Waals surface area contributed by atoms with Gasteiger partial charge in [0.25, 0.3) is 5.91 Å². The van der Waals surface area contributed by atoms with Crippen LogP contribution in [0.4, 0.5) is 11.4 Å². The zero-order valence-electron chi connectivity index (χ0n) is 20.0. The lowest BCUT2D eigenvalue weighted by Gasteiger charge is -2.13. The zero-order valence-corrected chi connectivity index (χ0v) is 21.5. The van der Waals surface area contributed by atoms with Crippen molar-refractivity contribution in [3.05, 3.63) is 81.8 Å². The Morgan fingerprint density at radius 1 is 0.973 bits per heavy atom. The number of ether oxygens (including phenoxy) is 2. The Balaban J connectivity index is 1.58. The standard InChI is InChI=1S/C26H24Cl2N4O5/c1-3-17-6-4-5-7-21(17)31-25(34)26(35)32-29-14-16-12-20(28)24(22(13-16)36-2)37-15-23(33)30-19-10-8-18(27)9-11-19/h4-14H,3,15H2,1-2H3,(H,30,33)(H,31,34)(H,32,35)/b29-14-. The summed E-state index contributed by atoms with van der Waals surface area (Å²) in [4.78, 5) is 36.5. The van der Waals surface area contributed by atoms with Gasteiger partial charge < -0.3 is 20.1 Å². The third-order valence-corrected chi connectivity index (χ3v) is 5.49. The van der Waals surface area contributed by atoms with E-state index in [1.54, 1.807) is 42.5 Å². The van der Waals surface area contributed by atoms with Crippen LogP contribution in [0.2, 0.25) is 10.0 Å². The first kappa shape index (κ1) is 27.5. The van der Waals surface area contributed by atoms with E-state index in [-0.39, 0.29) is 23.1 Å². The van der Waals surface area contributed by atoms with Gasteiger partial charge in [-0.1, -0.05) is 48.3 Å². The van der Waals surface area contributed by atoms with Crippen LogP contribution in [-0.4, -0.2) is 37.7 Å². The van der Waals surface area contributed by atoms with Gasteiger partial charge in [-0.25, -0.2) is 5.43 Å². The minimum atomic E-state index is -0.938. The van der Waals surface area contributed by atoms with Crippen molar-refractivity contribution in [3.8, 4) is 11.5 Å². The van der Waals surface area contributed by atoms with Gasteiger partial charge in [0.2, 0.25) is 0 Å². The van der Waals surface area contributed by atoms with E-state index in [1.165, 1.54) is 19.4 Å². The molecule has 0 radical (unpaired) electrons. The number of hydrogen-bond acceptors (Lipinski definition) is 6. The fourth-order valence-corrected chi connectivity index (χ4v) is 3.57. The number of aryl methyl sites for hydroxylation is 1. The number of carbonyl (C=O) groups excluding carboxylic acids is 3. The fraction of sp³-hybridized carbons (Fsp3) is 0.154. The Hall–Kier alpha value is -4.08. The molecular formula is C26H24Cl2N4O5. The molecule has 3 amide bonds. The van der Waals surface area contributed by atoms with Crippen molar-refractivity contribution < 1.29 is 23.9 Å². The lowest BCUT2D eigenvalue weighted by atomic mass is 10.1. The summed E-state index contributed by atoms with van der Waals surface area (Å²) in [5.74, 6) is -1.80. The summed E-state index contributed by atoms with van der Waals surface area (Å²) < 4.78 is 10.9. The monoisotopic (exact) mass is 542 g/mol. The van der Waals surface area contributed by atoms with Crippen LogP contribution in [0.3, 0.4) is 0 Å².